The maximum atomic E-state index is 13.3. The molecule has 8 nitrogen and oxygen atoms in total. The van der Waals surface area contributed by atoms with Gasteiger partial charge >= 0.3 is 0 Å². The molecule has 1 saturated carbocycles. The summed E-state index contributed by atoms with van der Waals surface area (Å²) in [7, 11) is 0. The molecule has 0 amide bonds. The zero-order valence-electron chi connectivity index (χ0n) is 17.8. The fraction of sp³-hybridized carbons (Fsp3) is 0.292. The normalized spacial score (nSPS) is 18.8. The Bertz CT molecular complexity index is 1440. The highest BCUT2D eigenvalue weighted by Crippen LogP contribution is 2.31. The predicted octanol–water partition coefficient (Wildman–Crippen LogP) is 3.74. The predicted molar refractivity (Wildman–Crippen MR) is 126 cm³/mol. The number of fused-ring (bicyclic) bond motifs is 3. The van der Waals surface area contributed by atoms with Gasteiger partial charge in [0.2, 0.25) is 0 Å². The monoisotopic (exact) mass is 458 g/mol. The van der Waals surface area contributed by atoms with Gasteiger partial charge in [-0.25, -0.2) is 9.67 Å². The lowest BCUT2D eigenvalue weighted by atomic mass is 9.93. The fourth-order valence-electron chi connectivity index (χ4n) is 4.66. The first-order valence-corrected chi connectivity index (χ1v) is 12.0. The summed E-state index contributed by atoms with van der Waals surface area (Å²) in [4.78, 5) is 22.1. The van der Waals surface area contributed by atoms with E-state index in [1.165, 1.54) is 16.0 Å². The van der Waals surface area contributed by atoms with Crippen LogP contribution in [0.1, 0.15) is 37.3 Å². The molecule has 0 radical (unpaired) electrons. The smallest absolute Gasteiger partial charge is 0.297 e. The molecule has 3 aromatic rings. The minimum absolute atomic E-state index is 0.243. The van der Waals surface area contributed by atoms with Gasteiger partial charge in [-0.1, -0.05) is 37.1 Å². The molecule has 4 heterocycles. The van der Waals surface area contributed by atoms with E-state index < -0.39 is 6.10 Å². The molecule has 1 N–H and O–H groups in total. The molecular formula is C24H22N6O2S. The molecular weight excluding hydrogens is 436 g/mol. The Labute approximate surface area is 193 Å². The van der Waals surface area contributed by atoms with Gasteiger partial charge in [0.05, 0.1) is 41.1 Å². The topological polar surface area (TPSA) is 98.7 Å². The van der Waals surface area contributed by atoms with Crippen LogP contribution in [0.4, 0.5) is 0 Å². The third-order valence-electron chi connectivity index (χ3n) is 6.36. The summed E-state index contributed by atoms with van der Waals surface area (Å²) < 4.78 is 3.30. The second-order valence-electron chi connectivity index (χ2n) is 8.47. The van der Waals surface area contributed by atoms with Crippen molar-refractivity contribution < 1.29 is 5.11 Å². The summed E-state index contributed by atoms with van der Waals surface area (Å²) in [6.45, 7) is 0.470. The highest BCUT2D eigenvalue weighted by Gasteiger charge is 2.31. The number of pyridine rings is 1. The van der Waals surface area contributed by atoms with E-state index in [1.807, 2.05) is 52.7 Å². The molecule has 0 saturated heterocycles. The second kappa shape index (κ2) is 8.17. The van der Waals surface area contributed by atoms with Crippen molar-refractivity contribution in [2.75, 3.05) is 0 Å². The summed E-state index contributed by atoms with van der Waals surface area (Å²) in [5.41, 5.74) is 6.01. The lowest BCUT2D eigenvalue weighted by molar-refractivity contribution is 0.0681. The van der Waals surface area contributed by atoms with Crippen LogP contribution >= 0.6 is 11.3 Å². The summed E-state index contributed by atoms with van der Waals surface area (Å²) in [5, 5.41) is 22.7. The molecule has 1 fully saturated rings. The van der Waals surface area contributed by atoms with E-state index in [0.717, 1.165) is 47.1 Å². The molecule has 6 rings (SSSR count). The number of para-hydroxylation sites is 1. The number of aliphatic hydroxyl groups excluding tert-OH is 1. The summed E-state index contributed by atoms with van der Waals surface area (Å²) >= 11 is 1.54. The molecule has 2 atom stereocenters. The van der Waals surface area contributed by atoms with E-state index in [1.54, 1.807) is 5.51 Å². The Kier molecular flexibility index (Phi) is 5.00. The number of hydrogen-bond donors (Lipinski definition) is 1. The molecule has 1 aromatic carbocycles. The van der Waals surface area contributed by atoms with Crippen molar-refractivity contribution in [2.24, 2.45) is 0 Å². The summed E-state index contributed by atoms with van der Waals surface area (Å²) in [5.74, 6) is 0. The van der Waals surface area contributed by atoms with Crippen LogP contribution in [-0.2, 0) is 6.54 Å². The van der Waals surface area contributed by atoms with E-state index in [0.29, 0.717) is 24.4 Å². The van der Waals surface area contributed by atoms with Crippen LogP contribution in [0.3, 0.4) is 0 Å². The first-order valence-electron chi connectivity index (χ1n) is 11.1. The molecule has 9 heteroatoms. The zero-order chi connectivity index (χ0) is 22.4. The third kappa shape index (κ3) is 3.53. The average molecular weight is 459 g/mol. The SMILES string of the molecule is O=c1c2nn(Cc3ccc(-c4cscn4)nc3)c3ccccc3c-2nn1C1CCCCC1O. The molecule has 1 aliphatic carbocycles. The Morgan fingerprint density at radius 1 is 1.00 bits per heavy atom. The number of nitrogens with zero attached hydrogens (tertiary/aromatic N) is 6. The third-order valence-corrected chi connectivity index (χ3v) is 6.95. The van der Waals surface area contributed by atoms with Crippen LogP contribution in [0.15, 0.2) is 58.3 Å². The highest BCUT2D eigenvalue weighted by atomic mass is 32.1. The van der Waals surface area contributed by atoms with Crippen molar-refractivity contribution in [1.29, 1.82) is 0 Å². The largest absolute Gasteiger partial charge is 0.391 e. The van der Waals surface area contributed by atoms with Crippen molar-refractivity contribution in [3.05, 3.63) is 69.4 Å². The van der Waals surface area contributed by atoms with E-state index >= 15 is 0 Å². The second-order valence-corrected chi connectivity index (χ2v) is 9.18. The highest BCUT2D eigenvalue weighted by molar-refractivity contribution is 7.07. The quantitative estimate of drug-likeness (QED) is 0.441. The van der Waals surface area contributed by atoms with Gasteiger partial charge in [-0.2, -0.15) is 10.2 Å². The number of benzene rings is 1. The summed E-state index contributed by atoms with van der Waals surface area (Å²) in [6, 6.07) is 11.5. The van der Waals surface area contributed by atoms with Gasteiger partial charge in [0.25, 0.3) is 5.56 Å². The van der Waals surface area contributed by atoms with Crippen molar-refractivity contribution in [3.63, 3.8) is 0 Å². The average Bonchev–Trinajstić information content (AvgIpc) is 3.49. The van der Waals surface area contributed by atoms with Gasteiger partial charge in [0.1, 0.15) is 5.69 Å². The lowest BCUT2D eigenvalue weighted by Crippen LogP contribution is -2.33. The molecule has 2 aliphatic heterocycles. The maximum absolute atomic E-state index is 13.3. The molecule has 2 aromatic heterocycles. The number of hydrogen-bond acceptors (Lipinski definition) is 7. The van der Waals surface area contributed by atoms with Gasteiger partial charge < -0.3 is 5.11 Å². The van der Waals surface area contributed by atoms with Crippen LogP contribution in [0, 0.1) is 0 Å². The molecule has 33 heavy (non-hydrogen) atoms. The Balaban J connectivity index is 1.43. The van der Waals surface area contributed by atoms with Gasteiger partial charge in [-0.3, -0.25) is 14.5 Å². The number of aromatic nitrogens is 6. The number of rotatable bonds is 4. The van der Waals surface area contributed by atoms with E-state index in [2.05, 4.69) is 15.1 Å². The Hall–Kier alpha value is -3.43. The van der Waals surface area contributed by atoms with Crippen LogP contribution < -0.4 is 5.56 Å². The minimum atomic E-state index is -0.554. The van der Waals surface area contributed by atoms with Crippen LogP contribution in [0.2, 0.25) is 0 Å². The number of aliphatic hydroxyl groups is 1. The molecule has 166 valence electrons. The number of thiazole rings is 1. The van der Waals surface area contributed by atoms with E-state index in [-0.39, 0.29) is 11.6 Å². The first kappa shape index (κ1) is 20.2. The first-order chi connectivity index (χ1) is 16.2. The lowest BCUT2D eigenvalue weighted by Gasteiger charge is -2.26. The Morgan fingerprint density at radius 2 is 1.88 bits per heavy atom. The Morgan fingerprint density at radius 3 is 2.67 bits per heavy atom. The molecule has 0 spiro atoms. The van der Waals surface area contributed by atoms with Crippen LogP contribution in [-0.4, -0.2) is 40.7 Å². The van der Waals surface area contributed by atoms with Crippen molar-refractivity contribution in [3.8, 4) is 22.8 Å². The van der Waals surface area contributed by atoms with Gasteiger partial charge in [-0.15, -0.1) is 11.3 Å². The minimum Gasteiger partial charge on any atom is -0.391 e. The standard InChI is InChI=1S/C24H22N6O2S/c31-21-8-4-3-7-20(21)30-24(32)23-22(28-30)16-5-1-2-6-19(16)29(27-23)12-15-9-10-17(25-11-15)18-13-33-14-26-18/h1-2,5-6,9-11,13-14,20-21,31H,3-4,7-8,12H2. The van der Waals surface area contributed by atoms with Crippen molar-refractivity contribution in [1.82, 2.24) is 29.5 Å². The maximum Gasteiger partial charge on any atom is 0.297 e. The fourth-order valence-corrected chi connectivity index (χ4v) is 5.20. The zero-order valence-corrected chi connectivity index (χ0v) is 18.6. The van der Waals surface area contributed by atoms with Crippen molar-refractivity contribution >= 4 is 22.2 Å². The van der Waals surface area contributed by atoms with Crippen LogP contribution in [0.5, 0.6) is 0 Å². The van der Waals surface area contributed by atoms with E-state index in [4.69, 9.17) is 5.10 Å². The van der Waals surface area contributed by atoms with Crippen molar-refractivity contribution in [2.45, 2.75) is 44.4 Å². The van der Waals surface area contributed by atoms with Gasteiger partial charge in [-0.05, 0) is 30.5 Å². The molecule has 0 bridgehead atoms. The summed E-state index contributed by atoms with van der Waals surface area (Å²) in [6.07, 6.45) is 4.67. The van der Waals surface area contributed by atoms with Crippen LogP contribution in [0.25, 0.3) is 33.7 Å². The van der Waals surface area contributed by atoms with E-state index in [9.17, 15) is 9.90 Å². The molecule has 3 aliphatic rings. The van der Waals surface area contributed by atoms with Gasteiger partial charge in [0.15, 0.2) is 5.69 Å². The molecule has 2 unspecified atom stereocenters. The van der Waals surface area contributed by atoms with Gasteiger partial charge in [0, 0.05) is 17.0 Å².